The molecule has 0 saturated carbocycles. The number of ether oxygens (including phenoxy) is 2. The van der Waals surface area contributed by atoms with Gasteiger partial charge >= 0.3 is 0 Å². The van der Waals surface area contributed by atoms with E-state index in [2.05, 4.69) is 0 Å². The summed E-state index contributed by atoms with van der Waals surface area (Å²) in [6, 6.07) is 3.83. The molecule has 0 bridgehead atoms. The number of ketones is 2. The maximum Gasteiger partial charge on any atom is 0.167 e. The predicted octanol–water partition coefficient (Wildman–Crippen LogP) is 3.31. The number of allylic oxidation sites excluding steroid dienone is 4. The van der Waals surface area contributed by atoms with E-state index in [1.54, 1.807) is 20.3 Å². The van der Waals surface area contributed by atoms with Crippen LogP contribution in [0.1, 0.15) is 37.8 Å². The molecular formula is C19H20O4. The molecule has 2 aliphatic rings. The van der Waals surface area contributed by atoms with Gasteiger partial charge in [-0.05, 0) is 66.8 Å². The number of carbonyl (C=O) groups excluding carboxylic acids is 2. The third kappa shape index (κ3) is 2.12. The third-order valence-electron chi connectivity index (χ3n) is 4.87. The highest BCUT2D eigenvalue weighted by Crippen LogP contribution is 2.53. The van der Waals surface area contributed by atoms with Gasteiger partial charge in [0.05, 0.1) is 20.1 Å². The topological polar surface area (TPSA) is 52.6 Å². The van der Waals surface area contributed by atoms with Crippen molar-refractivity contribution in [2.24, 2.45) is 5.92 Å². The Morgan fingerprint density at radius 1 is 1.09 bits per heavy atom. The summed E-state index contributed by atoms with van der Waals surface area (Å²) in [6.07, 6.45) is 1.60. The van der Waals surface area contributed by atoms with Crippen LogP contribution in [0.4, 0.5) is 0 Å². The highest BCUT2D eigenvalue weighted by atomic mass is 16.5. The summed E-state index contributed by atoms with van der Waals surface area (Å²) >= 11 is 0. The maximum atomic E-state index is 12.4. The molecule has 4 nitrogen and oxygen atoms in total. The van der Waals surface area contributed by atoms with Crippen LogP contribution >= 0.6 is 0 Å². The van der Waals surface area contributed by atoms with Gasteiger partial charge in [-0.3, -0.25) is 9.59 Å². The second kappa shape index (κ2) is 5.37. The fourth-order valence-electron chi connectivity index (χ4n) is 3.88. The molecule has 0 heterocycles. The van der Waals surface area contributed by atoms with Crippen molar-refractivity contribution in [2.45, 2.75) is 26.7 Å². The number of fused-ring (bicyclic) bond motifs is 3. The first-order valence-corrected chi connectivity index (χ1v) is 7.60. The van der Waals surface area contributed by atoms with E-state index in [4.69, 9.17) is 9.47 Å². The van der Waals surface area contributed by atoms with Crippen molar-refractivity contribution in [3.05, 3.63) is 40.5 Å². The van der Waals surface area contributed by atoms with Crippen molar-refractivity contribution in [1.29, 1.82) is 0 Å². The molecular weight excluding hydrogens is 292 g/mol. The lowest BCUT2D eigenvalue weighted by Gasteiger charge is -2.28. The minimum atomic E-state index is -0.650. The summed E-state index contributed by atoms with van der Waals surface area (Å²) in [4.78, 5) is 24.5. The molecule has 0 unspecified atom stereocenters. The number of rotatable bonds is 3. The molecule has 0 aliphatic heterocycles. The highest BCUT2D eigenvalue weighted by Gasteiger charge is 2.44. The second-order valence-electron chi connectivity index (χ2n) is 6.13. The van der Waals surface area contributed by atoms with E-state index in [0.29, 0.717) is 11.5 Å². The number of hydrogen-bond acceptors (Lipinski definition) is 4. The van der Waals surface area contributed by atoms with Gasteiger partial charge in [0.15, 0.2) is 17.3 Å². The molecule has 0 amide bonds. The van der Waals surface area contributed by atoms with E-state index in [1.165, 1.54) is 6.92 Å². The molecule has 3 rings (SSSR count). The van der Waals surface area contributed by atoms with Crippen LogP contribution < -0.4 is 9.47 Å². The van der Waals surface area contributed by atoms with Crippen LogP contribution in [0.25, 0.3) is 5.57 Å². The van der Waals surface area contributed by atoms with Gasteiger partial charge in [0.1, 0.15) is 5.78 Å². The van der Waals surface area contributed by atoms with Crippen LogP contribution in [0.3, 0.4) is 0 Å². The Morgan fingerprint density at radius 2 is 1.70 bits per heavy atom. The van der Waals surface area contributed by atoms with Crippen LogP contribution in [0.15, 0.2) is 29.4 Å². The van der Waals surface area contributed by atoms with Crippen molar-refractivity contribution in [1.82, 2.24) is 0 Å². The third-order valence-corrected chi connectivity index (χ3v) is 4.87. The average molecular weight is 312 g/mol. The van der Waals surface area contributed by atoms with Crippen molar-refractivity contribution in [3.63, 3.8) is 0 Å². The summed E-state index contributed by atoms with van der Waals surface area (Å²) in [6.45, 7) is 5.45. The summed E-state index contributed by atoms with van der Waals surface area (Å²) in [5, 5.41) is 0. The van der Waals surface area contributed by atoms with E-state index in [0.717, 1.165) is 27.8 Å². The van der Waals surface area contributed by atoms with Crippen LogP contribution in [-0.4, -0.2) is 25.8 Å². The summed E-state index contributed by atoms with van der Waals surface area (Å²) in [5.74, 6) is 0.179. The van der Waals surface area contributed by atoms with Gasteiger partial charge in [0, 0.05) is 5.92 Å². The largest absolute Gasteiger partial charge is 0.493 e. The SMILES string of the molecule is COc1cc2c(cc1OC)[C@H]1C(=C2C)C(C)=CC(=O)[C@H]1C(C)=O. The van der Waals surface area contributed by atoms with Gasteiger partial charge in [-0.25, -0.2) is 0 Å². The van der Waals surface area contributed by atoms with Gasteiger partial charge in [0.2, 0.25) is 0 Å². The van der Waals surface area contributed by atoms with Crippen molar-refractivity contribution in [2.75, 3.05) is 14.2 Å². The molecule has 120 valence electrons. The smallest absolute Gasteiger partial charge is 0.167 e. The van der Waals surface area contributed by atoms with Crippen LogP contribution in [0.5, 0.6) is 11.5 Å². The zero-order valence-corrected chi connectivity index (χ0v) is 14.0. The molecule has 1 aromatic rings. The van der Waals surface area contributed by atoms with Crippen molar-refractivity contribution in [3.8, 4) is 11.5 Å². The summed E-state index contributed by atoms with van der Waals surface area (Å²) in [5.41, 5.74) is 5.10. The Labute approximate surface area is 135 Å². The van der Waals surface area contributed by atoms with Gasteiger partial charge in [-0.1, -0.05) is 0 Å². The van der Waals surface area contributed by atoms with Gasteiger partial charge in [0.25, 0.3) is 0 Å². The van der Waals surface area contributed by atoms with E-state index in [-0.39, 0.29) is 17.5 Å². The van der Waals surface area contributed by atoms with Crippen molar-refractivity contribution >= 4 is 17.1 Å². The fourth-order valence-corrected chi connectivity index (χ4v) is 3.88. The number of methoxy groups -OCH3 is 2. The van der Waals surface area contributed by atoms with E-state index < -0.39 is 5.92 Å². The monoisotopic (exact) mass is 312 g/mol. The summed E-state index contributed by atoms with van der Waals surface area (Å²) < 4.78 is 10.8. The molecule has 1 aromatic carbocycles. The van der Waals surface area contributed by atoms with Crippen LogP contribution in [0, 0.1) is 5.92 Å². The molecule has 2 aliphatic carbocycles. The molecule has 0 radical (unpaired) electrons. The second-order valence-corrected chi connectivity index (χ2v) is 6.13. The lowest BCUT2D eigenvalue weighted by atomic mass is 9.72. The van der Waals surface area contributed by atoms with Gasteiger partial charge in [-0.15, -0.1) is 0 Å². The Bertz CT molecular complexity index is 783. The minimum Gasteiger partial charge on any atom is -0.493 e. The lowest BCUT2D eigenvalue weighted by molar-refractivity contribution is -0.129. The van der Waals surface area contributed by atoms with Gasteiger partial charge in [-0.2, -0.15) is 0 Å². The number of hydrogen-bond donors (Lipinski definition) is 0. The first-order valence-electron chi connectivity index (χ1n) is 7.60. The zero-order chi connectivity index (χ0) is 16.9. The van der Waals surface area contributed by atoms with Gasteiger partial charge < -0.3 is 9.47 Å². The van der Waals surface area contributed by atoms with E-state index >= 15 is 0 Å². The van der Waals surface area contributed by atoms with Crippen molar-refractivity contribution < 1.29 is 19.1 Å². The fraction of sp³-hybridized carbons (Fsp3) is 0.368. The molecule has 0 aromatic heterocycles. The van der Waals surface area contributed by atoms with Crippen LogP contribution in [-0.2, 0) is 9.59 Å². The Balaban J connectivity index is 2.29. The summed E-state index contributed by atoms with van der Waals surface area (Å²) in [7, 11) is 3.18. The Kier molecular flexibility index (Phi) is 3.63. The number of carbonyl (C=O) groups is 2. The average Bonchev–Trinajstić information content (AvgIpc) is 2.78. The lowest BCUT2D eigenvalue weighted by Crippen LogP contribution is -2.31. The highest BCUT2D eigenvalue weighted by molar-refractivity contribution is 6.11. The van der Waals surface area contributed by atoms with E-state index in [9.17, 15) is 9.59 Å². The molecule has 0 N–H and O–H groups in total. The quantitative estimate of drug-likeness (QED) is 0.804. The standard InChI is InChI=1S/C19H20O4/c1-9-6-14(21)18(11(3)20)19-13-8-16(23-5)15(22-4)7-12(13)10(2)17(9)19/h6-8,18-19H,1-5H3/t18-,19+/m1/s1. The molecule has 0 saturated heterocycles. The molecule has 23 heavy (non-hydrogen) atoms. The Hall–Kier alpha value is -2.36. The molecule has 2 atom stereocenters. The number of Topliss-reactive ketones (excluding diaryl/α,β-unsaturated/α-hetero) is 1. The number of benzene rings is 1. The Morgan fingerprint density at radius 3 is 2.26 bits per heavy atom. The predicted molar refractivity (Wildman–Crippen MR) is 87.8 cm³/mol. The minimum absolute atomic E-state index is 0.100. The first kappa shape index (κ1) is 15.5. The maximum absolute atomic E-state index is 12.4. The normalized spacial score (nSPS) is 22.5. The molecule has 0 spiro atoms. The molecule has 0 fully saturated rings. The zero-order valence-electron chi connectivity index (χ0n) is 14.0. The first-order chi connectivity index (χ1) is 10.9. The van der Waals surface area contributed by atoms with E-state index in [1.807, 2.05) is 26.0 Å². The van der Waals surface area contributed by atoms with Crippen LogP contribution in [0.2, 0.25) is 0 Å². The molecule has 4 heteroatoms.